The van der Waals surface area contributed by atoms with Crippen molar-refractivity contribution in [2.75, 3.05) is 0 Å². The monoisotopic (exact) mass is 480 g/mol. The van der Waals surface area contributed by atoms with Crippen molar-refractivity contribution in [3.63, 3.8) is 0 Å². The summed E-state index contributed by atoms with van der Waals surface area (Å²) in [5.41, 5.74) is 4.17. The first-order valence-corrected chi connectivity index (χ1v) is 11.3. The van der Waals surface area contributed by atoms with Gasteiger partial charge in [0, 0.05) is 22.5 Å². The van der Waals surface area contributed by atoms with Crippen LogP contribution in [0.5, 0.6) is 0 Å². The summed E-state index contributed by atoms with van der Waals surface area (Å²) in [5, 5.41) is 0.180. The molecule has 2 aliphatic rings. The third-order valence-electron chi connectivity index (χ3n) is 6.75. The van der Waals surface area contributed by atoms with E-state index in [4.69, 9.17) is 22.1 Å². The van der Waals surface area contributed by atoms with Gasteiger partial charge in [-0.3, -0.25) is 4.79 Å². The van der Waals surface area contributed by atoms with E-state index in [1.54, 1.807) is 13.8 Å². The van der Waals surface area contributed by atoms with Crippen molar-refractivity contribution >= 4 is 17.6 Å². The normalized spacial score (nSPS) is 29.3. The molecule has 4 nitrogen and oxygen atoms in total. The van der Waals surface area contributed by atoms with Gasteiger partial charge < -0.3 is 10.5 Å². The molecule has 2 aromatic carbocycles. The molecule has 8 heteroatoms. The summed E-state index contributed by atoms with van der Waals surface area (Å²) in [6, 6.07) is 6.22. The molecule has 0 spiro atoms. The molecular weight excluding hydrogens is 453 g/mol. The number of hydrogen-bond donors (Lipinski definition) is 1. The quantitative estimate of drug-likeness (QED) is 0.591. The summed E-state index contributed by atoms with van der Waals surface area (Å²) in [6.07, 6.45) is 0.440. The van der Waals surface area contributed by atoms with Gasteiger partial charge in [-0.15, -0.1) is 0 Å². The van der Waals surface area contributed by atoms with Gasteiger partial charge in [0.1, 0.15) is 11.9 Å². The van der Waals surface area contributed by atoms with E-state index in [2.05, 4.69) is 0 Å². The van der Waals surface area contributed by atoms with Crippen LogP contribution < -0.4 is 5.73 Å². The van der Waals surface area contributed by atoms with Crippen LogP contribution in [0.3, 0.4) is 0 Å². The summed E-state index contributed by atoms with van der Waals surface area (Å²) < 4.78 is 50.6. The predicted molar refractivity (Wildman–Crippen MR) is 120 cm³/mol. The van der Waals surface area contributed by atoms with Gasteiger partial charge in [0.25, 0.3) is 0 Å². The minimum Gasteiger partial charge on any atom is -0.443 e. The van der Waals surface area contributed by atoms with E-state index in [-0.39, 0.29) is 21.6 Å². The lowest BCUT2D eigenvalue weighted by molar-refractivity contribution is -0.152. The minimum absolute atomic E-state index is 0.0899. The number of rotatable bonds is 3. The fraction of sp³-hybridized carbons (Fsp3) is 0.480. The first kappa shape index (κ1) is 24.0. The third kappa shape index (κ3) is 3.74. The van der Waals surface area contributed by atoms with Gasteiger partial charge in [0.05, 0.1) is 5.54 Å². The topological polar surface area (TPSA) is 55.6 Å². The molecule has 0 bridgehead atoms. The molecule has 0 aliphatic carbocycles. The fourth-order valence-corrected chi connectivity index (χ4v) is 5.75. The number of nitrogens with zero attached hydrogens (tertiary/aromatic N) is 1. The van der Waals surface area contributed by atoms with Gasteiger partial charge in [0.2, 0.25) is 0 Å². The van der Waals surface area contributed by atoms with Crippen LogP contribution in [0.2, 0.25) is 5.02 Å². The van der Waals surface area contributed by atoms with Crippen LogP contribution in [-0.4, -0.2) is 28.7 Å². The number of benzene rings is 2. The Balaban J connectivity index is 2.06. The molecule has 2 N–H and O–H groups in total. The Morgan fingerprint density at radius 3 is 2.39 bits per heavy atom. The highest BCUT2D eigenvalue weighted by Gasteiger charge is 2.69. The van der Waals surface area contributed by atoms with E-state index in [9.17, 15) is 9.18 Å². The summed E-state index contributed by atoms with van der Waals surface area (Å²) >= 11 is 6.00. The number of cyclic esters (lactones) is 1. The zero-order chi connectivity index (χ0) is 24.5. The maximum absolute atomic E-state index is 15.4. The van der Waals surface area contributed by atoms with E-state index in [0.29, 0.717) is 6.42 Å². The lowest BCUT2D eigenvalue weighted by atomic mass is 9.68. The van der Waals surface area contributed by atoms with Gasteiger partial charge >= 0.3 is 5.97 Å². The highest BCUT2D eigenvalue weighted by molar-refractivity contribution is 6.30. The van der Waals surface area contributed by atoms with Crippen LogP contribution in [0.25, 0.3) is 0 Å². The summed E-state index contributed by atoms with van der Waals surface area (Å²) in [4.78, 5) is 15.0. The summed E-state index contributed by atoms with van der Waals surface area (Å²) in [5.74, 6) is -4.55. The van der Waals surface area contributed by atoms with Gasteiger partial charge in [-0.1, -0.05) is 50.6 Å². The molecule has 178 valence electrons. The molecule has 4 unspecified atom stereocenters. The second kappa shape index (κ2) is 7.72. The van der Waals surface area contributed by atoms with Crippen LogP contribution in [-0.2, 0) is 15.1 Å². The molecule has 33 heavy (non-hydrogen) atoms. The maximum atomic E-state index is 15.4. The highest BCUT2D eigenvalue weighted by atomic mass is 35.5. The molecule has 0 amide bonds. The molecule has 2 fully saturated rings. The van der Waals surface area contributed by atoms with Crippen molar-refractivity contribution in [2.45, 2.75) is 70.3 Å². The molecule has 4 rings (SSSR count). The number of carbonyl (C=O) groups is 1. The van der Waals surface area contributed by atoms with Gasteiger partial charge in [-0.25, -0.2) is 18.1 Å². The SMILES string of the molecule is CC(C)(C)CC1N2C(C(=O)OC2(C)C)C(c2cccc(F)c2F)C1(N)c1ccc(Cl)cc1F. The second-order valence-electron chi connectivity index (χ2n) is 10.7. The molecule has 4 atom stereocenters. The van der Waals surface area contributed by atoms with Crippen LogP contribution in [0.4, 0.5) is 13.2 Å². The fourth-order valence-electron chi connectivity index (χ4n) is 5.60. The van der Waals surface area contributed by atoms with Crippen molar-refractivity contribution in [1.29, 1.82) is 0 Å². The average molecular weight is 481 g/mol. The average Bonchev–Trinajstić information content (AvgIpc) is 3.06. The summed E-state index contributed by atoms with van der Waals surface area (Å²) in [6.45, 7) is 9.46. The van der Waals surface area contributed by atoms with E-state index >= 15 is 8.78 Å². The molecule has 0 aromatic heterocycles. The van der Waals surface area contributed by atoms with E-state index in [1.165, 1.54) is 24.3 Å². The predicted octanol–water partition coefficient (Wildman–Crippen LogP) is 5.48. The van der Waals surface area contributed by atoms with Crippen LogP contribution in [0.15, 0.2) is 36.4 Å². The zero-order valence-corrected chi connectivity index (χ0v) is 20.0. The number of esters is 1. The van der Waals surface area contributed by atoms with Crippen molar-refractivity contribution in [1.82, 2.24) is 4.90 Å². The first-order valence-electron chi connectivity index (χ1n) is 10.9. The highest BCUT2D eigenvalue weighted by Crippen LogP contribution is 2.58. The Labute approximate surface area is 196 Å². The third-order valence-corrected chi connectivity index (χ3v) is 6.99. The van der Waals surface area contributed by atoms with Crippen LogP contribution in [0, 0.1) is 22.9 Å². The number of fused-ring (bicyclic) bond motifs is 1. The zero-order valence-electron chi connectivity index (χ0n) is 19.3. The van der Waals surface area contributed by atoms with Gasteiger partial charge in [-0.2, -0.15) is 0 Å². The number of nitrogens with two attached hydrogens (primary N) is 1. The van der Waals surface area contributed by atoms with Crippen molar-refractivity contribution in [3.05, 3.63) is 70.0 Å². The Morgan fingerprint density at radius 1 is 1.12 bits per heavy atom. The van der Waals surface area contributed by atoms with E-state index in [0.717, 1.165) is 12.1 Å². The Bertz CT molecular complexity index is 1120. The standard InChI is InChI=1S/C25H28ClF3N2O2/c1-23(2,3)12-18-25(30,15-10-9-13(26)11-17(15)28)19(14-7-6-8-16(27)20(14)29)21-22(32)33-24(4,5)31(18)21/h6-11,18-19,21H,12,30H2,1-5H3. The number of carbonyl (C=O) groups excluding carboxylic acids is 1. The van der Waals surface area contributed by atoms with Crippen molar-refractivity contribution < 1.29 is 22.7 Å². The maximum Gasteiger partial charge on any atom is 0.325 e. The Kier molecular flexibility index (Phi) is 5.62. The largest absolute Gasteiger partial charge is 0.443 e. The minimum atomic E-state index is -1.59. The second-order valence-corrected chi connectivity index (χ2v) is 11.1. The number of ether oxygens (including phenoxy) is 1. The van der Waals surface area contributed by atoms with E-state index < -0.39 is 52.7 Å². The van der Waals surface area contributed by atoms with Crippen molar-refractivity contribution in [2.24, 2.45) is 11.1 Å². The molecule has 0 radical (unpaired) electrons. The van der Waals surface area contributed by atoms with Gasteiger partial charge in [-0.05, 0) is 49.4 Å². The Hall–Kier alpha value is -2.09. The number of halogens is 4. The van der Waals surface area contributed by atoms with Crippen molar-refractivity contribution in [3.8, 4) is 0 Å². The molecule has 2 aromatic rings. The lowest BCUT2D eigenvalue weighted by Gasteiger charge is -2.44. The van der Waals surface area contributed by atoms with Gasteiger partial charge in [0.15, 0.2) is 17.4 Å². The molecule has 2 saturated heterocycles. The molecule has 2 aliphatic heterocycles. The summed E-state index contributed by atoms with van der Waals surface area (Å²) in [7, 11) is 0. The molecular formula is C25H28ClF3N2O2. The number of hydrogen-bond acceptors (Lipinski definition) is 4. The molecule has 2 heterocycles. The smallest absolute Gasteiger partial charge is 0.325 e. The van der Waals surface area contributed by atoms with E-state index in [1.807, 2.05) is 25.7 Å². The molecule has 0 saturated carbocycles. The van der Waals surface area contributed by atoms with Crippen LogP contribution in [0.1, 0.15) is 58.1 Å². The Morgan fingerprint density at radius 2 is 1.79 bits per heavy atom. The first-order chi connectivity index (χ1) is 15.2. The van der Waals surface area contributed by atoms with Crippen LogP contribution >= 0.6 is 11.6 Å². The lowest BCUT2D eigenvalue weighted by Crippen LogP contribution is -2.57.